The van der Waals surface area contributed by atoms with Crippen LogP contribution in [-0.4, -0.2) is 46.3 Å². The molecule has 1 N–H and O–H groups in total. The number of rotatable bonds is 11. The molecule has 0 aromatic heterocycles. The van der Waals surface area contributed by atoms with Crippen LogP contribution in [0.25, 0.3) is 12.2 Å². The second kappa shape index (κ2) is 14.2. The van der Waals surface area contributed by atoms with Crippen LogP contribution >= 0.6 is 0 Å². The van der Waals surface area contributed by atoms with Crippen molar-refractivity contribution in [2.45, 2.75) is 38.9 Å². The molecule has 0 saturated heterocycles. The van der Waals surface area contributed by atoms with E-state index in [1.54, 1.807) is 12.1 Å². The minimum absolute atomic E-state index is 0. The fourth-order valence-corrected chi connectivity index (χ4v) is 4.09. The first-order chi connectivity index (χ1) is 19.8. The van der Waals surface area contributed by atoms with Gasteiger partial charge in [-0.1, -0.05) is 45.1 Å². The molecule has 0 fully saturated rings. The van der Waals surface area contributed by atoms with E-state index in [1.165, 1.54) is 30.4 Å². The van der Waals surface area contributed by atoms with Crippen LogP contribution in [0.1, 0.15) is 40.1 Å². The standard InChI is InChI=1S/C27H34O9SSi.Na/c1-27(2,3)38(6,7)36-24-15-11-20(17-26(24)34-5)9-13-22(29)18-21(28)12-8-19-10-14-23(25(16-19)33-4)35-37(30,31)32;/h8-18,29H,1-7H3,(H,30,31,32);/q;+1/p-1/b12-8+,13-9+,22-18-;/i4D3,5D3;. The Morgan fingerprint density at radius 2 is 1.46 bits per heavy atom. The van der Waals surface area contributed by atoms with Crippen LogP contribution < -0.4 is 47.6 Å². The number of benzene rings is 2. The van der Waals surface area contributed by atoms with Gasteiger partial charge in [-0.2, -0.15) is 0 Å². The van der Waals surface area contributed by atoms with Gasteiger partial charge in [-0.25, -0.2) is 8.42 Å². The molecule has 0 radical (unpaired) electrons. The molecule has 0 bridgehead atoms. The maximum absolute atomic E-state index is 12.4. The zero-order valence-electron chi connectivity index (χ0n) is 28.5. The van der Waals surface area contributed by atoms with Crippen molar-refractivity contribution in [2.75, 3.05) is 14.1 Å². The first kappa shape index (κ1) is 25.4. The molecule has 12 heteroatoms. The van der Waals surface area contributed by atoms with Crippen molar-refractivity contribution < 1.29 is 78.7 Å². The quantitative estimate of drug-likeness (QED) is 0.105. The van der Waals surface area contributed by atoms with Crippen LogP contribution in [0.15, 0.2) is 60.4 Å². The monoisotopic (exact) mass is 590 g/mol. The summed E-state index contributed by atoms with van der Waals surface area (Å²) in [6.07, 6.45) is 5.75. The zero-order valence-corrected chi connectivity index (χ0v) is 26.3. The van der Waals surface area contributed by atoms with Crippen molar-refractivity contribution in [3.63, 3.8) is 0 Å². The Bertz CT molecular complexity index is 1560. The van der Waals surface area contributed by atoms with Gasteiger partial charge in [-0.05, 0) is 65.7 Å². The third-order valence-corrected chi connectivity index (χ3v) is 10.4. The number of carbonyl (C=O) groups excluding carboxylic acids is 1. The second-order valence-electron chi connectivity index (χ2n) is 9.61. The fraction of sp³-hybridized carbons (Fsp3) is 0.296. The number of ketones is 1. The summed E-state index contributed by atoms with van der Waals surface area (Å²) in [4.78, 5) is 12.4. The number of hydrogen-bond acceptors (Lipinski definition) is 9. The number of hydrogen-bond donors (Lipinski definition) is 1. The molecule has 0 unspecified atom stereocenters. The molecule has 2 aromatic rings. The van der Waals surface area contributed by atoms with Gasteiger partial charge in [0.15, 0.2) is 23.0 Å². The first-order valence-electron chi connectivity index (χ1n) is 14.1. The molecule has 0 aliphatic carbocycles. The van der Waals surface area contributed by atoms with Gasteiger partial charge in [0.2, 0.25) is 0 Å². The van der Waals surface area contributed by atoms with Gasteiger partial charge < -0.3 is 27.7 Å². The smallest absolute Gasteiger partial charge is 0.716 e. The van der Waals surface area contributed by atoms with Gasteiger partial charge in [0.1, 0.15) is 11.5 Å². The van der Waals surface area contributed by atoms with Crippen LogP contribution in [-0.2, 0) is 15.2 Å². The zero-order chi connectivity index (χ0) is 33.7. The fourth-order valence-electron chi connectivity index (χ4n) is 2.71. The molecule has 9 nitrogen and oxygen atoms in total. The van der Waals surface area contributed by atoms with Gasteiger partial charge in [0, 0.05) is 6.08 Å². The molecule has 0 saturated carbocycles. The van der Waals surface area contributed by atoms with E-state index in [4.69, 9.17) is 22.1 Å². The predicted octanol–water partition coefficient (Wildman–Crippen LogP) is 2.67. The molecule has 0 atom stereocenters. The second-order valence-corrected chi connectivity index (χ2v) is 15.3. The van der Waals surface area contributed by atoms with Crippen molar-refractivity contribution in [3.8, 4) is 23.0 Å². The van der Waals surface area contributed by atoms with Gasteiger partial charge in [0.25, 0.3) is 18.7 Å². The molecule has 0 heterocycles. The summed E-state index contributed by atoms with van der Waals surface area (Å²) in [6, 6.07) is 7.89. The van der Waals surface area contributed by atoms with Crippen molar-refractivity contribution >= 4 is 36.7 Å². The van der Waals surface area contributed by atoms with Crippen LogP contribution in [0.2, 0.25) is 18.1 Å². The Balaban J connectivity index is 0.0000101. The van der Waals surface area contributed by atoms with E-state index in [0.29, 0.717) is 5.56 Å². The predicted molar refractivity (Wildman–Crippen MR) is 148 cm³/mol. The van der Waals surface area contributed by atoms with Crippen LogP contribution in [0.3, 0.4) is 0 Å². The van der Waals surface area contributed by atoms with E-state index in [0.717, 1.165) is 24.3 Å². The minimum Gasteiger partial charge on any atom is -0.716 e. The molecule has 206 valence electrons. The third kappa shape index (κ3) is 10.9. The van der Waals surface area contributed by atoms with Crippen LogP contribution in [0.5, 0.6) is 23.0 Å². The summed E-state index contributed by atoms with van der Waals surface area (Å²) in [7, 11) is -13.3. The SMILES string of the molecule is [2H]C([2H])([2H])Oc1cc(/C=C/C(O)=C/C(=O)/C=C/c2ccc(OS(=O)(=O)[O-])c(OC([2H])([2H])[2H])c2)ccc1O[Si](C)(C)C(C)(C)C.[Na+]. The molecule has 39 heavy (non-hydrogen) atoms. The maximum Gasteiger partial charge on any atom is 1.00 e. The summed E-state index contributed by atoms with van der Waals surface area (Å²) < 4.78 is 97.3. The number of allylic oxidation sites excluding steroid dienone is 3. The van der Waals surface area contributed by atoms with Crippen molar-refractivity contribution in [1.82, 2.24) is 0 Å². The number of aliphatic hydroxyl groups excluding tert-OH is 1. The number of methoxy groups -OCH3 is 2. The molecular formula is C27H33NaO9SSi. The van der Waals surface area contributed by atoms with Crippen LogP contribution in [0, 0.1) is 0 Å². The number of carbonyl (C=O) groups is 1. The molecule has 0 aliphatic rings. The molecule has 0 amide bonds. The average molecular weight is 591 g/mol. The van der Waals surface area contributed by atoms with E-state index in [2.05, 4.69) is 4.18 Å². The van der Waals surface area contributed by atoms with Crippen LogP contribution in [0.4, 0.5) is 0 Å². The van der Waals surface area contributed by atoms with E-state index in [1.807, 2.05) is 33.9 Å². The van der Waals surface area contributed by atoms with Crippen molar-refractivity contribution in [1.29, 1.82) is 0 Å². The summed E-state index contributed by atoms with van der Waals surface area (Å²) in [5.74, 6) is -2.11. The molecule has 2 aromatic carbocycles. The van der Waals surface area contributed by atoms with Gasteiger partial charge in [-0.15, -0.1) is 0 Å². The van der Waals surface area contributed by atoms with Gasteiger partial charge in [0.05, 0.1) is 22.3 Å². The van der Waals surface area contributed by atoms with E-state index >= 15 is 0 Å². The topological polar surface area (TPSA) is 131 Å². The Kier molecular flexibility index (Phi) is 9.25. The Morgan fingerprint density at radius 3 is 1.97 bits per heavy atom. The van der Waals surface area contributed by atoms with Gasteiger partial charge in [-0.3, -0.25) is 4.79 Å². The minimum atomic E-state index is -5.22. The number of ether oxygens (including phenoxy) is 2. The summed E-state index contributed by atoms with van der Waals surface area (Å²) in [5, 5.41) is 10.1. The van der Waals surface area contributed by atoms with Crippen molar-refractivity contribution in [3.05, 3.63) is 71.5 Å². The van der Waals surface area contributed by atoms with E-state index in [-0.39, 0.29) is 51.7 Å². The molecular weight excluding hydrogens is 551 g/mol. The average Bonchev–Trinajstić information content (AvgIpc) is 2.80. The maximum atomic E-state index is 12.4. The molecule has 0 aliphatic heterocycles. The largest absolute Gasteiger partial charge is 1.00 e. The Hall–Kier alpha value is -2.54. The normalized spacial score (nSPS) is 15.7. The molecule has 0 spiro atoms. The Morgan fingerprint density at radius 1 is 0.949 bits per heavy atom. The van der Waals surface area contributed by atoms with E-state index < -0.39 is 55.8 Å². The number of aliphatic hydroxyl groups is 1. The summed E-state index contributed by atoms with van der Waals surface area (Å²) >= 11 is 0. The summed E-state index contributed by atoms with van der Waals surface area (Å²) in [6.45, 7) is 10.1. The van der Waals surface area contributed by atoms with Crippen molar-refractivity contribution in [2.24, 2.45) is 0 Å². The van der Waals surface area contributed by atoms with Gasteiger partial charge >= 0.3 is 29.6 Å². The third-order valence-electron chi connectivity index (χ3n) is 5.70. The molecule has 2 rings (SSSR count). The van der Waals surface area contributed by atoms with E-state index in [9.17, 15) is 22.9 Å². The first-order valence-corrected chi connectivity index (χ1v) is 15.4. The Labute approximate surface area is 261 Å². The summed E-state index contributed by atoms with van der Waals surface area (Å²) in [5.41, 5.74) is 0.623.